The third-order valence-corrected chi connectivity index (χ3v) is 5.45. The van der Waals surface area contributed by atoms with Gasteiger partial charge in [-0.25, -0.2) is 9.78 Å². The molecule has 1 aromatic carbocycles. The number of ether oxygens (including phenoxy) is 2. The summed E-state index contributed by atoms with van der Waals surface area (Å²) < 4.78 is 11.6. The van der Waals surface area contributed by atoms with E-state index in [1.807, 2.05) is 13.0 Å². The number of carbonyl (C=O) groups is 1. The van der Waals surface area contributed by atoms with Gasteiger partial charge < -0.3 is 25.6 Å². The van der Waals surface area contributed by atoms with Crippen LogP contribution in [0.3, 0.4) is 0 Å². The lowest BCUT2D eigenvalue weighted by Crippen LogP contribution is -2.24. The summed E-state index contributed by atoms with van der Waals surface area (Å²) >= 11 is 0. The van der Waals surface area contributed by atoms with E-state index in [9.17, 15) is 9.90 Å². The zero-order valence-electron chi connectivity index (χ0n) is 18.1. The lowest BCUT2D eigenvalue weighted by molar-refractivity contribution is 0.0696. The number of aliphatic imine (C=N–C) groups is 1. The molecule has 1 saturated heterocycles. The van der Waals surface area contributed by atoms with Crippen LogP contribution in [0.15, 0.2) is 53.0 Å². The van der Waals surface area contributed by atoms with Gasteiger partial charge in [-0.1, -0.05) is 0 Å². The number of aromatic nitrogens is 1. The Morgan fingerprint density at radius 2 is 2.03 bits per heavy atom. The van der Waals surface area contributed by atoms with Crippen LogP contribution in [0, 0.1) is 12.8 Å². The SMILES string of the molecule is Cc1cc(Nc2cc(O/C(C=NC3CC3)=C(/N)C3CCOCC3)ccn2)cc(C(=O)O)c1. The molecule has 8 heteroatoms. The zero-order valence-corrected chi connectivity index (χ0v) is 18.1. The predicted molar refractivity (Wildman–Crippen MR) is 123 cm³/mol. The fraction of sp³-hybridized carbons (Fsp3) is 0.375. The summed E-state index contributed by atoms with van der Waals surface area (Å²) in [6.45, 7) is 3.23. The van der Waals surface area contributed by atoms with Gasteiger partial charge in [-0.05, 0) is 62.4 Å². The van der Waals surface area contributed by atoms with Gasteiger partial charge >= 0.3 is 5.97 Å². The Morgan fingerprint density at radius 1 is 1.25 bits per heavy atom. The van der Waals surface area contributed by atoms with Gasteiger partial charge in [0.25, 0.3) is 0 Å². The molecule has 8 nitrogen and oxygen atoms in total. The summed E-state index contributed by atoms with van der Waals surface area (Å²) in [6, 6.07) is 8.92. The number of hydrogen-bond donors (Lipinski definition) is 3. The second kappa shape index (κ2) is 9.82. The highest BCUT2D eigenvalue weighted by Gasteiger charge is 2.22. The first kappa shape index (κ1) is 21.8. The number of nitrogens with two attached hydrogens (primary N) is 1. The third-order valence-electron chi connectivity index (χ3n) is 5.45. The van der Waals surface area contributed by atoms with Crippen LogP contribution in [0.2, 0.25) is 0 Å². The van der Waals surface area contributed by atoms with Crippen molar-refractivity contribution in [2.45, 2.75) is 38.6 Å². The second-order valence-electron chi connectivity index (χ2n) is 8.21. The van der Waals surface area contributed by atoms with E-state index >= 15 is 0 Å². The highest BCUT2D eigenvalue weighted by Crippen LogP contribution is 2.27. The molecule has 0 spiro atoms. The van der Waals surface area contributed by atoms with E-state index in [1.165, 1.54) is 0 Å². The molecule has 4 rings (SSSR count). The van der Waals surface area contributed by atoms with Gasteiger partial charge in [-0.15, -0.1) is 0 Å². The lowest BCUT2D eigenvalue weighted by Gasteiger charge is -2.23. The van der Waals surface area contributed by atoms with E-state index in [1.54, 1.807) is 36.7 Å². The summed E-state index contributed by atoms with van der Waals surface area (Å²) in [5.74, 6) is 0.888. The Hall–Kier alpha value is -3.39. The number of rotatable bonds is 8. The number of carboxylic acids is 1. The maximum absolute atomic E-state index is 11.3. The van der Waals surface area contributed by atoms with Gasteiger partial charge in [0.05, 0.1) is 23.5 Å². The number of nitrogens with zero attached hydrogens (tertiary/aromatic N) is 2. The number of hydrogen-bond acceptors (Lipinski definition) is 7. The van der Waals surface area contributed by atoms with Crippen molar-refractivity contribution in [3.05, 3.63) is 59.1 Å². The maximum atomic E-state index is 11.3. The summed E-state index contributed by atoms with van der Waals surface area (Å²) in [6.07, 6.45) is 7.29. The molecule has 2 fully saturated rings. The van der Waals surface area contributed by atoms with E-state index in [0.29, 0.717) is 48.0 Å². The highest BCUT2D eigenvalue weighted by atomic mass is 16.5. The highest BCUT2D eigenvalue weighted by molar-refractivity contribution is 5.89. The Kier molecular flexibility index (Phi) is 6.70. The molecule has 2 aliphatic rings. The molecule has 2 aromatic rings. The fourth-order valence-corrected chi connectivity index (χ4v) is 3.56. The topological polar surface area (TPSA) is 119 Å². The van der Waals surface area contributed by atoms with Crippen molar-refractivity contribution in [2.75, 3.05) is 18.5 Å². The van der Waals surface area contributed by atoms with Crippen LogP contribution in [0.4, 0.5) is 11.5 Å². The second-order valence-corrected chi connectivity index (χ2v) is 8.21. The number of anilines is 2. The van der Waals surface area contributed by atoms with Crippen LogP contribution in [0.1, 0.15) is 41.6 Å². The molecular weight excluding hydrogens is 408 g/mol. The Bertz CT molecular complexity index is 1040. The molecule has 0 amide bonds. The lowest BCUT2D eigenvalue weighted by atomic mass is 9.96. The van der Waals surface area contributed by atoms with Crippen molar-refractivity contribution in [3.63, 3.8) is 0 Å². The number of nitrogens with one attached hydrogen (secondary N) is 1. The minimum Gasteiger partial charge on any atom is -0.478 e. The Labute approximate surface area is 187 Å². The molecule has 32 heavy (non-hydrogen) atoms. The third kappa shape index (κ3) is 5.85. The van der Waals surface area contributed by atoms with Gasteiger partial charge in [-0.3, -0.25) is 4.99 Å². The monoisotopic (exact) mass is 436 g/mol. The predicted octanol–water partition coefficient (Wildman–Crippen LogP) is 4.04. The number of aromatic carboxylic acids is 1. The van der Waals surface area contributed by atoms with Gasteiger partial charge in [0.15, 0.2) is 5.76 Å². The van der Waals surface area contributed by atoms with Gasteiger partial charge in [-0.2, -0.15) is 0 Å². The van der Waals surface area contributed by atoms with Gasteiger partial charge in [0.1, 0.15) is 11.6 Å². The average Bonchev–Trinajstić information content (AvgIpc) is 3.61. The molecule has 0 unspecified atom stereocenters. The van der Waals surface area contributed by atoms with Crippen molar-refractivity contribution in [1.82, 2.24) is 4.98 Å². The summed E-state index contributed by atoms with van der Waals surface area (Å²) in [5, 5.41) is 12.5. The minimum absolute atomic E-state index is 0.200. The zero-order chi connectivity index (χ0) is 22.5. The van der Waals surface area contributed by atoms with E-state index in [-0.39, 0.29) is 11.5 Å². The number of aryl methyl sites for hydroxylation is 1. The standard InChI is InChI=1S/C24H28N4O4/c1-15-10-17(24(29)30)12-19(11-15)28-22-13-20(4-7-26-22)32-21(14-27-18-2-3-18)23(25)16-5-8-31-9-6-16/h4,7,10-14,16,18H,2-3,5-6,8-9,25H2,1H3,(H,26,28)(H,29,30)/b23-21+,27-14?. The molecule has 1 aliphatic carbocycles. The van der Waals surface area contributed by atoms with Gasteiger partial charge in [0.2, 0.25) is 0 Å². The first-order valence-corrected chi connectivity index (χ1v) is 10.8. The Balaban J connectivity index is 1.55. The summed E-state index contributed by atoms with van der Waals surface area (Å²) in [5.41, 5.74) is 8.87. The molecule has 0 bridgehead atoms. The molecule has 168 valence electrons. The summed E-state index contributed by atoms with van der Waals surface area (Å²) in [4.78, 5) is 20.2. The number of pyridine rings is 1. The quantitative estimate of drug-likeness (QED) is 0.422. The normalized spacial score (nSPS) is 17.8. The molecule has 1 aliphatic heterocycles. The fourth-order valence-electron chi connectivity index (χ4n) is 3.56. The molecule has 0 atom stereocenters. The van der Waals surface area contributed by atoms with Crippen LogP contribution in [0.5, 0.6) is 5.75 Å². The van der Waals surface area contributed by atoms with Crippen LogP contribution >= 0.6 is 0 Å². The average molecular weight is 437 g/mol. The van der Waals surface area contributed by atoms with E-state index in [0.717, 1.165) is 31.2 Å². The van der Waals surface area contributed by atoms with Crippen LogP contribution in [-0.4, -0.2) is 41.5 Å². The van der Waals surface area contributed by atoms with Crippen LogP contribution in [-0.2, 0) is 4.74 Å². The first-order valence-electron chi connectivity index (χ1n) is 10.8. The maximum Gasteiger partial charge on any atom is 0.335 e. The molecular formula is C24H28N4O4. The van der Waals surface area contributed by atoms with Crippen molar-refractivity contribution < 1.29 is 19.4 Å². The molecule has 1 aromatic heterocycles. The number of benzene rings is 1. The summed E-state index contributed by atoms with van der Waals surface area (Å²) in [7, 11) is 0. The van der Waals surface area contributed by atoms with Crippen molar-refractivity contribution in [1.29, 1.82) is 0 Å². The van der Waals surface area contributed by atoms with E-state index in [4.69, 9.17) is 15.2 Å². The molecule has 1 saturated carbocycles. The Morgan fingerprint density at radius 3 is 2.75 bits per heavy atom. The number of carboxylic acid groups (broad SMARTS) is 1. The minimum atomic E-state index is -0.977. The van der Waals surface area contributed by atoms with Crippen molar-refractivity contribution >= 4 is 23.7 Å². The van der Waals surface area contributed by atoms with Crippen LogP contribution in [0.25, 0.3) is 0 Å². The largest absolute Gasteiger partial charge is 0.478 e. The van der Waals surface area contributed by atoms with Crippen LogP contribution < -0.4 is 15.8 Å². The van der Waals surface area contributed by atoms with E-state index < -0.39 is 5.97 Å². The smallest absolute Gasteiger partial charge is 0.335 e. The molecule has 0 radical (unpaired) electrons. The first-order chi connectivity index (χ1) is 15.5. The van der Waals surface area contributed by atoms with Crippen molar-refractivity contribution in [3.8, 4) is 5.75 Å². The molecule has 2 heterocycles. The van der Waals surface area contributed by atoms with E-state index in [2.05, 4.69) is 15.3 Å². The van der Waals surface area contributed by atoms with Gasteiger partial charge in [0, 0.05) is 37.1 Å². The number of allylic oxidation sites excluding steroid dienone is 2. The molecule has 4 N–H and O–H groups in total. The van der Waals surface area contributed by atoms with Crippen molar-refractivity contribution in [2.24, 2.45) is 16.6 Å².